The first-order chi connectivity index (χ1) is 9.56. The summed E-state index contributed by atoms with van der Waals surface area (Å²) in [4.78, 5) is 22.7. The van der Waals surface area contributed by atoms with Crippen LogP contribution in [0.25, 0.3) is 0 Å². The molecule has 0 aliphatic rings. The van der Waals surface area contributed by atoms with E-state index in [0.29, 0.717) is 49.4 Å². The van der Waals surface area contributed by atoms with Gasteiger partial charge in [-0.3, -0.25) is 9.59 Å². The van der Waals surface area contributed by atoms with Crippen molar-refractivity contribution in [3.05, 3.63) is 23.8 Å². The lowest BCUT2D eigenvalue weighted by Crippen LogP contribution is -2.26. The summed E-state index contributed by atoms with van der Waals surface area (Å²) >= 11 is 0. The monoisotopic (exact) mass is 279 g/mol. The Morgan fingerprint density at radius 1 is 1.30 bits per heavy atom. The maximum absolute atomic E-state index is 12.1. The summed E-state index contributed by atoms with van der Waals surface area (Å²) in [6, 6.07) is 5.11. The molecule has 5 N–H and O–H groups in total. The highest BCUT2D eigenvalue weighted by atomic mass is 16.5. The molecule has 1 rings (SSSR count). The van der Waals surface area contributed by atoms with Crippen molar-refractivity contribution in [3.63, 3.8) is 0 Å². The van der Waals surface area contributed by atoms with Gasteiger partial charge in [-0.1, -0.05) is 6.07 Å². The highest BCUT2D eigenvalue weighted by molar-refractivity contribution is 6.01. The SMILES string of the molecule is CCOc1cccc(N)c1C(=O)NCCCCC(N)=O. The zero-order chi connectivity index (χ0) is 15.0. The number of carbonyl (C=O) groups excluding carboxylic acids is 2. The predicted octanol–water partition coefficient (Wildman–Crippen LogP) is 1.05. The smallest absolute Gasteiger partial charge is 0.257 e. The van der Waals surface area contributed by atoms with E-state index in [1.54, 1.807) is 18.2 Å². The van der Waals surface area contributed by atoms with Gasteiger partial charge in [0.1, 0.15) is 11.3 Å². The third-order valence-electron chi connectivity index (χ3n) is 2.72. The number of hydrogen-bond acceptors (Lipinski definition) is 4. The van der Waals surface area contributed by atoms with Crippen LogP contribution < -0.4 is 21.5 Å². The van der Waals surface area contributed by atoms with Gasteiger partial charge in [-0.2, -0.15) is 0 Å². The molecule has 0 bridgehead atoms. The number of amides is 2. The number of hydrogen-bond donors (Lipinski definition) is 3. The number of nitrogens with one attached hydrogen (secondary N) is 1. The van der Waals surface area contributed by atoms with E-state index in [1.165, 1.54) is 0 Å². The second-order valence-electron chi connectivity index (χ2n) is 4.33. The molecule has 1 aromatic carbocycles. The molecule has 0 heterocycles. The Labute approximate surface area is 118 Å². The fraction of sp³-hybridized carbons (Fsp3) is 0.429. The van der Waals surface area contributed by atoms with Gasteiger partial charge in [-0.25, -0.2) is 0 Å². The van der Waals surface area contributed by atoms with Gasteiger partial charge >= 0.3 is 0 Å². The minimum atomic E-state index is -0.331. The van der Waals surface area contributed by atoms with Crippen molar-refractivity contribution in [2.75, 3.05) is 18.9 Å². The van der Waals surface area contributed by atoms with E-state index in [2.05, 4.69) is 5.32 Å². The maximum atomic E-state index is 12.1. The van der Waals surface area contributed by atoms with E-state index in [9.17, 15) is 9.59 Å². The highest BCUT2D eigenvalue weighted by Gasteiger charge is 2.15. The number of nitrogens with two attached hydrogens (primary N) is 2. The van der Waals surface area contributed by atoms with Crippen molar-refractivity contribution in [2.24, 2.45) is 5.73 Å². The molecule has 0 unspecified atom stereocenters. The Morgan fingerprint density at radius 2 is 2.05 bits per heavy atom. The van der Waals surface area contributed by atoms with Crippen LogP contribution in [0.5, 0.6) is 5.75 Å². The Hall–Kier alpha value is -2.24. The number of rotatable bonds is 8. The first kappa shape index (κ1) is 15.8. The molecule has 6 heteroatoms. The van der Waals surface area contributed by atoms with Crippen molar-refractivity contribution in [1.82, 2.24) is 5.32 Å². The Bertz CT molecular complexity index is 475. The summed E-state index contributed by atoms with van der Waals surface area (Å²) in [6.07, 6.45) is 1.66. The maximum Gasteiger partial charge on any atom is 0.257 e. The van der Waals surface area contributed by atoms with E-state index >= 15 is 0 Å². The quantitative estimate of drug-likeness (QED) is 0.488. The van der Waals surface area contributed by atoms with Gasteiger partial charge < -0.3 is 21.5 Å². The first-order valence-corrected chi connectivity index (χ1v) is 6.64. The number of benzene rings is 1. The molecule has 6 nitrogen and oxygen atoms in total. The van der Waals surface area contributed by atoms with Crippen LogP contribution >= 0.6 is 0 Å². The molecule has 1 aromatic rings. The van der Waals surface area contributed by atoms with Gasteiger partial charge in [-0.05, 0) is 31.9 Å². The van der Waals surface area contributed by atoms with Gasteiger partial charge in [-0.15, -0.1) is 0 Å². The lowest BCUT2D eigenvalue weighted by atomic mass is 10.1. The standard InChI is InChI=1S/C14H21N3O3/c1-2-20-11-7-5-6-10(15)13(11)14(19)17-9-4-3-8-12(16)18/h5-7H,2-4,8-9,15H2,1H3,(H2,16,18)(H,17,19). The molecule has 0 saturated carbocycles. The van der Waals surface area contributed by atoms with E-state index in [1.807, 2.05) is 6.92 Å². The fourth-order valence-electron chi connectivity index (χ4n) is 1.78. The summed E-state index contributed by atoms with van der Waals surface area (Å²) in [6.45, 7) is 2.77. The van der Waals surface area contributed by atoms with Crippen molar-refractivity contribution in [3.8, 4) is 5.75 Å². The van der Waals surface area contributed by atoms with Crippen LogP contribution in [0.1, 0.15) is 36.5 Å². The Balaban J connectivity index is 2.56. The van der Waals surface area contributed by atoms with Crippen LogP contribution in [-0.4, -0.2) is 25.0 Å². The number of primary amides is 1. The molecule has 20 heavy (non-hydrogen) atoms. The number of unbranched alkanes of at least 4 members (excludes halogenated alkanes) is 1. The summed E-state index contributed by atoms with van der Waals surface area (Å²) in [5.41, 5.74) is 11.6. The topological polar surface area (TPSA) is 107 Å². The van der Waals surface area contributed by atoms with Crippen LogP contribution in [0.3, 0.4) is 0 Å². The average Bonchev–Trinajstić information content (AvgIpc) is 2.38. The zero-order valence-corrected chi connectivity index (χ0v) is 11.6. The van der Waals surface area contributed by atoms with E-state index in [-0.39, 0.29) is 11.8 Å². The van der Waals surface area contributed by atoms with Crippen molar-refractivity contribution in [1.29, 1.82) is 0 Å². The van der Waals surface area contributed by atoms with Gasteiger partial charge in [0.05, 0.1) is 6.61 Å². The van der Waals surface area contributed by atoms with Crippen LogP contribution in [-0.2, 0) is 4.79 Å². The molecule has 0 aliphatic heterocycles. The molecule has 0 radical (unpaired) electrons. The van der Waals surface area contributed by atoms with Gasteiger partial charge in [0.2, 0.25) is 5.91 Å². The molecule has 0 spiro atoms. The van der Waals surface area contributed by atoms with E-state index < -0.39 is 0 Å². The molecular formula is C14H21N3O3. The van der Waals surface area contributed by atoms with Crippen LogP contribution in [0.15, 0.2) is 18.2 Å². The highest BCUT2D eigenvalue weighted by Crippen LogP contribution is 2.24. The molecule has 0 fully saturated rings. The zero-order valence-electron chi connectivity index (χ0n) is 11.6. The molecule has 0 saturated heterocycles. The lowest BCUT2D eigenvalue weighted by Gasteiger charge is -2.12. The molecule has 110 valence electrons. The first-order valence-electron chi connectivity index (χ1n) is 6.64. The number of nitrogen functional groups attached to an aromatic ring is 1. The van der Waals surface area contributed by atoms with Gasteiger partial charge in [0, 0.05) is 18.7 Å². The summed E-state index contributed by atoms with van der Waals surface area (Å²) in [5, 5.41) is 2.76. The Kier molecular flexibility index (Phi) is 6.36. The molecule has 2 amide bonds. The number of carbonyl (C=O) groups is 2. The van der Waals surface area contributed by atoms with Crippen LogP contribution in [0.4, 0.5) is 5.69 Å². The fourth-order valence-corrected chi connectivity index (χ4v) is 1.78. The van der Waals surface area contributed by atoms with Crippen molar-refractivity contribution < 1.29 is 14.3 Å². The third kappa shape index (κ3) is 4.79. The second-order valence-corrected chi connectivity index (χ2v) is 4.33. The summed E-state index contributed by atoms with van der Waals surface area (Å²) < 4.78 is 5.40. The lowest BCUT2D eigenvalue weighted by molar-refractivity contribution is -0.118. The van der Waals surface area contributed by atoms with Crippen molar-refractivity contribution in [2.45, 2.75) is 26.2 Å². The minimum Gasteiger partial charge on any atom is -0.493 e. The average molecular weight is 279 g/mol. The third-order valence-corrected chi connectivity index (χ3v) is 2.72. The molecule has 0 aromatic heterocycles. The molecular weight excluding hydrogens is 258 g/mol. The van der Waals surface area contributed by atoms with E-state index in [4.69, 9.17) is 16.2 Å². The van der Waals surface area contributed by atoms with Crippen molar-refractivity contribution >= 4 is 17.5 Å². The van der Waals surface area contributed by atoms with Crippen LogP contribution in [0, 0.1) is 0 Å². The predicted molar refractivity (Wildman–Crippen MR) is 77.4 cm³/mol. The largest absolute Gasteiger partial charge is 0.493 e. The molecule has 0 atom stereocenters. The minimum absolute atomic E-state index is 0.273. The second kappa shape index (κ2) is 8.04. The van der Waals surface area contributed by atoms with Crippen LogP contribution in [0.2, 0.25) is 0 Å². The number of anilines is 1. The normalized spacial score (nSPS) is 10.1. The number of ether oxygens (including phenoxy) is 1. The Morgan fingerprint density at radius 3 is 2.70 bits per heavy atom. The van der Waals surface area contributed by atoms with Gasteiger partial charge in [0.15, 0.2) is 0 Å². The van der Waals surface area contributed by atoms with Gasteiger partial charge in [0.25, 0.3) is 5.91 Å². The van der Waals surface area contributed by atoms with E-state index in [0.717, 1.165) is 0 Å². The molecule has 0 aliphatic carbocycles. The summed E-state index contributed by atoms with van der Waals surface area (Å²) in [5.74, 6) is -0.130. The summed E-state index contributed by atoms with van der Waals surface area (Å²) in [7, 11) is 0.